The summed E-state index contributed by atoms with van der Waals surface area (Å²) in [6.45, 7) is 6.39. The van der Waals surface area contributed by atoms with E-state index >= 15 is 0 Å². The summed E-state index contributed by atoms with van der Waals surface area (Å²) in [7, 11) is 0. The Balaban J connectivity index is 1.70. The second kappa shape index (κ2) is 6.26. The van der Waals surface area contributed by atoms with Crippen molar-refractivity contribution in [2.24, 2.45) is 5.92 Å². The summed E-state index contributed by atoms with van der Waals surface area (Å²) in [6.07, 6.45) is 5.15. The lowest BCUT2D eigenvalue weighted by atomic mass is 9.99. The summed E-state index contributed by atoms with van der Waals surface area (Å²) in [5.74, 6) is 0.478. The van der Waals surface area contributed by atoms with Gasteiger partial charge in [0.2, 0.25) is 0 Å². The molecule has 0 atom stereocenters. The van der Waals surface area contributed by atoms with E-state index in [4.69, 9.17) is 0 Å². The van der Waals surface area contributed by atoms with Crippen molar-refractivity contribution in [1.82, 2.24) is 15.2 Å². The molecule has 22 heavy (non-hydrogen) atoms. The van der Waals surface area contributed by atoms with Crippen LogP contribution in [0, 0.1) is 5.92 Å². The Hall–Kier alpha value is -2.23. The zero-order chi connectivity index (χ0) is 15.5. The highest BCUT2D eigenvalue weighted by molar-refractivity contribution is 5.93. The third-order valence-electron chi connectivity index (χ3n) is 4.09. The molecule has 0 bridgehead atoms. The largest absolute Gasteiger partial charge is 0.361 e. The molecule has 116 valence electrons. The number of nitrogens with one attached hydrogen (secondary N) is 2. The Labute approximate surface area is 131 Å². The summed E-state index contributed by atoms with van der Waals surface area (Å²) in [4.78, 5) is 17.3. The number of aromatic amines is 1. The highest BCUT2D eigenvalue weighted by atomic mass is 16.2. The minimum atomic E-state index is 0.0444. The number of para-hydroxylation sites is 1. The highest BCUT2D eigenvalue weighted by Crippen LogP contribution is 2.29. The molecule has 0 unspecified atom stereocenters. The lowest BCUT2D eigenvalue weighted by Gasteiger charge is -2.27. The van der Waals surface area contributed by atoms with Gasteiger partial charge < -0.3 is 15.2 Å². The van der Waals surface area contributed by atoms with Crippen LogP contribution in [0.1, 0.15) is 25.8 Å². The third-order valence-corrected chi connectivity index (χ3v) is 4.09. The number of aromatic nitrogens is 1. The van der Waals surface area contributed by atoms with Gasteiger partial charge in [0.05, 0.1) is 0 Å². The molecule has 1 aliphatic rings. The lowest BCUT2D eigenvalue weighted by Crippen LogP contribution is -2.43. The molecule has 0 radical (unpaired) electrons. The lowest BCUT2D eigenvalue weighted by molar-refractivity contribution is 0.202. The van der Waals surface area contributed by atoms with Gasteiger partial charge in [0.15, 0.2) is 0 Å². The quantitative estimate of drug-likeness (QED) is 0.893. The molecule has 2 N–H and O–H groups in total. The maximum Gasteiger partial charge on any atom is 0.317 e. The number of benzene rings is 1. The van der Waals surface area contributed by atoms with E-state index in [1.807, 2.05) is 11.0 Å². The topological polar surface area (TPSA) is 48.1 Å². The minimum Gasteiger partial charge on any atom is -0.361 e. The van der Waals surface area contributed by atoms with Gasteiger partial charge in [-0.1, -0.05) is 38.1 Å². The van der Waals surface area contributed by atoms with E-state index in [1.54, 1.807) is 0 Å². The maximum absolute atomic E-state index is 12.1. The summed E-state index contributed by atoms with van der Waals surface area (Å²) in [5, 5.41) is 4.24. The molecule has 2 amide bonds. The fourth-order valence-corrected chi connectivity index (χ4v) is 2.84. The number of carbonyl (C=O) groups excluding carboxylic acids is 1. The number of nitrogens with zero attached hydrogens (tertiary/aromatic N) is 1. The van der Waals surface area contributed by atoms with Crippen LogP contribution < -0.4 is 5.32 Å². The zero-order valence-electron chi connectivity index (χ0n) is 13.2. The van der Waals surface area contributed by atoms with Crippen molar-refractivity contribution in [3.05, 3.63) is 42.1 Å². The summed E-state index contributed by atoms with van der Waals surface area (Å²) < 4.78 is 0. The second-order valence-electron chi connectivity index (χ2n) is 6.25. The molecule has 1 aliphatic heterocycles. The van der Waals surface area contributed by atoms with Crippen molar-refractivity contribution < 1.29 is 4.79 Å². The fourth-order valence-electron chi connectivity index (χ4n) is 2.84. The molecule has 3 rings (SSSR count). The van der Waals surface area contributed by atoms with Gasteiger partial charge in [-0.2, -0.15) is 0 Å². The first-order chi connectivity index (χ1) is 10.6. The van der Waals surface area contributed by atoms with Crippen LogP contribution in [0.5, 0.6) is 0 Å². The second-order valence-corrected chi connectivity index (χ2v) is 6.25. The van der Waals surface area contributed by atoms with E-state index in [9.17, 15) is 4.79 Å². The molecule has 4 heteroatoms. The SMILES string of the molecule is CC(C)CNC(=O)N1CC=C(c2c[nH]c3ccccc23)CC1. The van der Waals surface area contributed by atoms with Crippen molar-refractivity contribution in [2.75, 3.05) is 19.6 Å². The van der Waals surface area contributed by atoms with Gasteiger partial charge in [-0.05, 0) is 24.0 Å². The van der Waals surface area contributed by atoms with E-state index in [-0.39, 0.29) is 6.03 Å². The van der Waals surface area contributed by atoms with Crippen LogP contribution in [-0.4, -0.2) is 35.5 Å². The minimum absolute atomic E-state index is 0.0444. The fraction of sp³-hybridized carbons (Fsp3) is 0.389. The van der Waals surface area contributed by atoms with Crippen LogP contribution in [0.2, 0.25) is 0 Å². The van der Waals surface area contributed by atoms with Crippen molar-refractivity contribution in [1.29, 1.82) is 0 Å². The van der Waals surface area contributed by atoms with Crippen LogP contribution in [0.4, 0.5) is 4.79 Å². The molecule has 0 fully saturated rings. The van der Waals surface area contributed by atoms with Crippen LogP contribution >= 0.6 is 0 Å². The summed E-state index contributed by atoms with van der Waals surface area (Å²) in [5.41, 5.74) is 3.75. The van der Waals surface area contributed by atoms with Gasteiger partial charge in [0.1, 0.15) is 0 Å². The molecule has 2 aromatic rings. The Morgan fingerprint density at radius 1 is 1.36 bits per heavy atom. The van der Waals surface area contributed by atoms with E-state index in [0.29, 0.717) is 12.5 Å². The molecular weight excluding hydrogens is 274 g/mol. The molecular formula is C18H23N3O. The maximum atomic E-state index is 12.1. The smallest absolute Gasteiger partial charge is 0.317 e. The van der Waals surface area contributed by atoms with Crippen molar-refractivity contribution in [2.45, 2.75) is 20.3 Å². The Morgan fingerprint density at radius 3 is 2.91 bits per heavy atom. The zero-order valence-corrected chi connectivity index (χ0v) is 13.2. The van der Waals surface area contributed by atoms with Gasteiger partial charge in [0.25, 0.3) is 0 Å². The molecule has 0 saturated carbocycles. The summed E-state index contributed by atoms with van der Waals surface area (Å²) in [6, 6.07) is 8.38. The predicted molar refractivity (Wildman–Crippen MR) is 90.7 cm³/mol. The summed E-state index contributed by atoms with van der Waals surface area (Å²) >= 11 is 0. The van der Waals surface area contributed by atoms with Crippen LogP contribution in [0.15, 0.2) is 36.5 Å². The van der Waals surface area contributed by atoms with E-state index in [1.165, 1.54) is 16.5 Å². The predicted octanol–water partition coefficient (Wildman–Crippen LogP) is 3.62. The first-order valence-corrected chi connectivity index (χ1v) is 7.93. The molecule has 1 aromatic heterocycles. The number of hydrogen-bond acceptors (Lipinski definition) is 1. The molecule has 0 aliphatic carbocycles. The van der Waals surface area contributed by atoms with Crippen LogP contribution in [0.3, 0.4) is 0 Å². The van der Waals surface area contributed by atoms with Crippen molar-refractivity contribution >= 4 is 22.5 Å². The average Bonchev–Trinajstić information content (AvgIpc) is 2.97. The first kappa shape index (κ1) is 14.7. The standard InChI is InChI=1S/C18H23N3O/c1-13(2)11-20-18(22)21-9-7-14(8-10-21)16-12-19-17-6-4-3-5-15(16)17/h3-7,12-13,19H,8-11H2,1-2H3,(H,20,22). The number of carbonyl (C=O) groups is 1. The number of fused-ring (bicyclic) bond motifs is 1. The van der Waals surface area contributed by atoms with E-state index < -0.39 is 0 Å². The normalized spacial score (nSPS) is 15.2. The van der Waals surface area contributed by atoms with Crippen molar-refractivity contribution in [3.63, 3.8) is 0 Å². The molecule has 4 nitrogen and oxygen atoms in total. The molecule has 0 saturated heterocycles. The van der Waals surface area contributed by atoms with Gasteiger partial charge in [-0.15, -0.1) is 0 Å². The highest BCUT2D eigenvalue weighted by Gasteiger charge is 2.19. The Bertz CT molecular complexity index is 699. The number of amides is 2. The van der Waals surface area contributed by atoms with Crippen LogP contribution in [-0.2, 0) is 0 Å². The van der Waals surface area contributed by atoms with Gasteiger partial charge in [-0.3, -0.25) is 0 Å². The van der Waals surface area contributed by atoms with Crippen LogP contribution in [0.25, 0.3) is 16.5 Å². The average molecular weight is 297 g/mol. The third kappa shape index (κ3) is 3.01. The Kier molecular flexibility index (Phi) is 4.18. The van der Waals surface area contributed by atoms with Gasteiger partial charge in [-0.25, -0.2) is 4.79 Å². The number of H-pyrrole nitrogens is 1. The molecule has 0 spiro atoms. The van der Waals surface area contributed by atoms with E-state index in [0.717, 1.165) is 25.0 Å². The number of urea groups is 1. The first-order valence-electron chi connectivity index (χ1n) is 7.93. The van der Waals surface area contributed by atoms with Gasteiger partial charge >= 0.3 is 6.03 Å². The van der Waals surface area contributed by atoms with Gasteiger partial charge in [0, 0.05) is 42.3 Å². The number of hydrogen-bond donors (Lipinski definition) is 2. The monoisotopic (exact) mass is 297 g/mol. The van der Waals surface area contributed by atoms with Crippen molar-refractivity contribution in [3.8, 4) is 0 Å². The molecule has 1 aromatic carbocycles. The Morgan fingerprint density at radius 2 is 2.18 bits per heavy atom. The number of rotatable bonds is 3. The molecule has 2 heterocycles. The van der Waals surface area contributed by atoms with E-state index in [2.05, 4.69) is 54.6 Å².